The molecule has 2 aromatic carbocycles. The smallest absolute Gasteiger partial charge is 0.332 e. The van der Waals surface area contributed by atoms with Gasteiger partial charge in [-0.25, -0.2) is 22.3 Å². The molecule has 0 bridgehead atoms. The summed E-state index contributed by atoms with van der Waals surface area (Å²) in [4.78, 5) is 18.5. The number of nitrogens with zero attached hydrogens (tertiary/aromatic N) is 3. The Hall–Kier alpha value is -2.50. The number of hydrogen-bond acceptors (Lipinski definition) is 7. The minimum atomic E-state index is -3.64. The number of urea groups is 1. The molecular formula is C23H29FN4O4S2. The van der Waals surface area contributed by atoms with Crippen molar-refractivity contribution < 1.29 is 22.3 Å². The number of carbonyl (C=O) groups excluding carboxylic acids is 1. The fourth-order valence-electron chi connectivity index (χ4n) is 4.16. The van der Waals surface area contributed by atoms with E-state index in [1.165, 1.54) is 11.0 Å². The number of benzene rings is 2. The van der Waals surface area contributed by atoms with E-state index in [9.17, 15) is 17.6 Å². The third kappa shape index (κ3) is 6.34. The Kier molecular flexibility index (Phi) is 7.84. The maximum atomic E-state index is 13.5. The summed E-state index contributed by atoms with van der Waals surface area (Å²) in [5, 5.41) is -0.312. The number of amides is 2. The number of hydrogen-bond donors (Lipinski definition) is 1. The first-order valence-corrected chi connectivity index (χ1v) is 14.1. The van der Waals surface area contributed by atoms with Gasteiger partial charge in [-0.05, 0) is 24.3 Å². The van der Waals surface area contributed by atoms with Crippen molar-refractivity contribution in [3.8, 4) is 5.75 Å². The lowest BCUT2D eigenvalue weighted by molar-refractivity contribution is 0.195. The minimum Gasteiger partial charge on any atom is -0.492 e. The van der Waals surface area contributed by atoms with Gasteiger partial charge in [0.1, 0.15) is 23.5 Å². The van der Waals surface area contributed by atoms with E-state index >= 15 is 0 Å². The number of rotatable bonds is 7. The SMILES string of the molecule is CS(=O)(=O)NC(=O)N1CCSC1c1ccccc1OCCN1CCN(c2cccc(F)c2)CC1. The van der Waals surface area contributed by atoms with Crippen LogP contribution < -0.4 is 14.4 Å². The van der Waals surface area contributed by atoms with Crippen molar-refractivity contribution >= 4 is 33.5 Å². The first-order valence-electron chi connectivity index (χ1n) is 11.1. The summed E-state index contributed by atoms with van der Waals surface area (Å²) < 4.78 is 44.7. The Morgan fingerprint density at radius 3 is 2.62 bits per heavy atom. The first kappa shape index (κ1) is 24.6. The van der Waals surface area contributed by atoms with E-state index < -0.39 is 16.1 Å². The molecule has 4 rings (SSSR count). The van der Waals surface area contributed by atoms with Gasteiger partial charge in [0.25, 0.3) is 0 Å². The summed E-state index contributed by atoms with van der Waals surface area (Å²) in [6, 6.07) is 13.6. The Labute approximate surface area is 204 Å². The molecule has 2 amide bonds. The van der Waals surface area contributed by atoms with E-state index in [2.05, 4.69) is 14.5 Å². The molecule has 0 radical (unpaired) electrons. The highest BCUT2D eigenvalue weighted by Crippen LogP contribution is 2.41. The summed E-state index contributed by atoms with van der Waals surface area (Å²) in [7, 11) is -3.64. The van der Waals surface area contributed by atoms with E-state index in [0.717, 1.165) is 50.2 Å². The van der Waals surface area contributed by atoms with E-state index in [1.807, 2.05) is 30.3 Å². The molecule has 11 heteroatoms. The number of anilines is 1. The van der Waals surface area contributed by atoms with Crippen molar-refractivity contribution in [3.63, 3.8) is 0 Å². The first-order chi connectivity index (χ1) is 16.3. The standard InChI is InChI=1S/C23H29FN4O4S2/c1-34(30,31)25-23(29)28-14-16-33-22(28)20-7-2-3-8-21(20)32-15-13-26-9-11-27(12-10-26)19-6-4-5-18(24)17-19/h2-8,17,22H,9-16H2,1H3,(H,25,29). The van der Waals surface area contributed by atoms with Crippen LogP contribution in [0.2, 0.25) is 0 Å². The summed E-state index contributed by atoms with van der Waals surface area (Å²) in [6.07, 6.45) is 0.970. The van der Waals surface area contributed by atoms with Crippen LogP contribution in [0.25, 0.3) is 0 Å². The van der Waals surface area contributed by atoms with Crippen molar-refractivity contribution in [1.29, 1.82) is 0 Å². The Balaban J connectivity index is 1.31. The van der Waals surface area contributed by atoms with Gasteiger partial charge in [0.05, 0.1) is 6.26 Å². The average Bonchev–Trinajstić information content (AvgIpc) is 3.29. The van der Waals surface area contributed by atoms with Gasteiger partial charge in [-0.15, -0.1) is 11.8 Å². The van der Waals surface area contributed by atoms with Crippen molar-refractivity contribution in [2.24, 2.45) is 0 Å². The molecule has 2 aliphatic heterocycles. The molecule has 2 saturated heterocycles. The maximum absolute atomic E-state index is 13.5. The van der Waals surface area contributed by atoms with Gasteiger partial charge in [-0.1, -0.05) is 24.3 Å². The number of piperazine rings is 1. The second kappa shape index (κ2) is 10.8. The van der Waals surface area contributed by atoms with Gasteiger partial charge in [0, 0.05) is 56.3 Å². The molecule has 1 unspecified atom stereocenters. The number of nitrogens with one attached hydrogen (secondary N) is 1. The highest BCUT2D eigenvalue weighted by Gasteiger charge is 2.33. The van der Waals surface area contributed by atoms with E-state index in [-0.39, 0.29) is 11.2 Å². The van der Waals surface area contributed by atoms with E-state index in [0.29, 0.717) is 24.7 Å². The Morgan fingerprint density at radius 2 is 1.88 bits per heavy atom. The molecule has 2 aromatic rings. The van der Waals surface area contributed by atoms with Gasteiger partial charge in [0.2, 0.25) is 10.0 Å². The highest BCUT2D eigenvalue weighted by molar-refractivity contribution is 7.99. The van der Waals surface area contributed by atoms with Crippen LogP contribution in [-0.4, -0.2) is 82.1 Å². The molecular weight excluding hydrogens is 479 g/mol. The van der Waals surface area contributed by atoms with Crippen LogP contribution in [-0.2, 0) is 10.0 Å². The second-order valence-electron chi connectivity index (χ2n) is 8.29. The van der Waals surface area contributed by atoms with Gasteiger partial charge < -0.3 is 14.5 Å². The van der Waals surface area contributed by atoms with Crippen LogP contribution in [0.3, 0.4) is 0 Å². The summed E-state index contributed by atoms with van der Waals surface area (Å²) in [5.74, 6) is 1.18. The molecule has 2 fully saturated rings. The summed E-state index contributed by atoms with van der Waals surface area (Å²) in [6.45, 7) is 5.07. The van der Waals surface area contributed by atoms with Crippen LogP contribution in [0.5, 0.6) is 5.75 Å². The van der Waals surface area contributed by atoms with Crippen molar-refractivity contribution in [3.05, 3.63) is 59.9 Å². The fourth-order valence-corrected chi connectivity index (χ4v) is 5.87. The maximum Gasteiger partial charge on any atom is 0.332 e. The second-order valence-corrected chi connectivity index (χ2v) is 11.2. The van der Waals surface area contributed by atoms with Crippen molar-refractivity contribution in [2.75, 3.05) is 62.8 Å². The predicted octanol–water partition coefficient (Wildman–Crippen LogP) is 2.74. The molecule has 0 aliphatic carbocycles. The number of para-hydroxylation sites is 1. The molecule has 34 heavy (non-hydrogen) atoms. The molecule has 0 aromatic heterocycles. The summed E-state index contributed by atoms with van der Waals surface area (Å²) in [5.41, 5.74) is 1.76. The highest BCUT2D eigenvalue weighted by atomic mass is 32.2. The minimum absolute atomic E-state index is 0.222. The Bertz CT molecular complexity index is 1110. The van der Waals surface area contributed by atoms with Gasteiger partial charge in [0.15, 0.2) is 0 Å². The molecule has 2 aliphatic rings. The molecule has 2 heterocycles. The van der Waals surface area contributed by atoms with Crippen LogP contribution in [0.15, 0.2) is 48.5 Å². The molecule has 1 N–H and O–H groups in total. The molecule has 0 saturated carbocycles. The largest absolute Gasteiger partial charge is 0.492 e. The monoisotopic (exact) mass is 508 g/mol. The number of ether oxygens (including phenoxy) is 1. The van der Waals surface area contributed by atoms with Crippen LogP contribution in [0, 0.1) is 5.82 Å². The lowest BCUT2D eigenvalue weighted by Gasteiger charge is -2.36. The normalized spacial score (nSPS) is 19.3. The van der Waals surface area contributed by atoms with Crippen LogP contribution in [0.1, 0.15) is 10.9 Å². The van der Waals surface area contributed by atoms with E-state index in [4.69, 9.17) is 4.74 Å². The van der Waals surface area contributed by atoms with Crippen LogP contribution >= 0.6 is 11.8 Å². The fraction of sp³-hybridized carbons (Fsp3) is 0.435. The number of thioether (sulfide) groups is 1. The van der Waals surface area contributed by atoms with Gasteiger partial charge in [-0.3, -0.25) is 4.90 Å². The predicted molar refractivity (Wildman–Crippen MR) is 132 cm³/mol. The quantitative estimate of drug-likeness (QED) is 0.616. The lowest BCUT2D eigenvalue weighted by atomic mass is 10.2. The zero-order chi connectivity index (χ0) is 24.1. The van der Waals surface area contributed by atoms with E-state index in [1.54, 1.807) is 23.9 Å². The van der Waals surface area contributed by atoms with Crippen molar-refractivity contribution in [2.45, 2.75) is 5.37 Å². The topological polar surface area (TPSA) is 82.2 Å². The number of halogens is 1. The molecule has 0 spiro atoms. The number of sulfonamides is 1. The summed E-state index contributed by atoms with van der Waals surface area (Å²) >= 11 is 1.58. The molecule has 8 nitrogen and oxygen atoms in total. The molecule has 1 atom stereocenters. The zero-order valence-electron chi connectivity index (χ0n) is 19.0. The van der Waals surface area contributed by atoms with Gasteiger partial charge >= 0.3 is 6.03 Å². The average molecular weight is 509 g/mol. The third-order valence-corrected chi connectivity index (χ3v) is 7.61. The molecule has 184 valence electrons. The zero-order valence-corrected chi connectivity index (χ0v) is 20.7. The van der Waals surface area contributed by atoms with Gasteiger partial charge in [-0.2, -0.15) is 0 Å². The lowest BCUT2D eigenvalue weighted by Crippen LogP contribution is -2.47. The van der Waals surface area contributed by atoms with Crippen molar-refractivity contribution in [1.82, 2.24) is 14.5 Å². The third-order valence-electron chi connectivity index (χ3n) is 5.82. The number of carbonyl (C=O) groups is 1. The van der Waals surface area contributed by atoms with Crippen LogP contribution in [0.4, 0.5) is 14.9 Å². The Morgan fingerprint density at radius 1 is 1.12 bits per heavy atom.